The Bertz CT molecular complexity index is 1120. The first-order chi connectivity index (χ1) is 18.6. The predicted octanol–water partition coefficient (Wildman–Crippen LogP) is 2.64. The first-order valence-electron chi connectivity index (χ1n) is 13.7. The first-order valence-corrected chi connectivity index (χ1v) is 13.7. The van der Waals surface area contributed by atoms with E-state index in [9.17, 15) is 19.5 Å². The van der Waals surface area contributed by atoms with Gasteiger partial charge in [0.1, 0.15) is 17.4 Å². The molecule has 2 bridgehead atoms. The molecule has 0 radical (unpaired) electrons. The molecule has 9 heteroatoms. The van der Waals surface area contributed by atoms with Gasteiger partial charge in [0.15, 0.2) is 0 Å². The Morgan fingerprint density at radius 1 is 1.21 bits per heavy atom. The van der Waals surface area contributed by atoms with Gasteiger partial charge in [0.2, 0.25) is 11.8 Å². The van der Waals surface area contributed by atoms with Gasteiger partial charge in [-0.05, 0) is 49.9 Å². The molecule has 212 valence electrons. The minimum Gasteiger partial charge on any atom is -0.497 e. The lowest BCUT2D eigenvalue weighted by Crippen LogP contribution is -2.57. The number of ether oxygens (including phenoxy) is 2. The summed E-state index contributed by atoms with van der Waals surface area (Å²) >= 11 is 0. The molecule has 0 aromatic heterocycles. The van der Waals surface area contributed by atoms with Gasteiger partial charge in [-0.15, -0.1) is 13.2 Å². The maximum Gasteiger partial charge on any atom is 0.253 e. The van der Waals surface area contributed by atoms with Gasteiger partial charge in [-0.25, -0.2) is 0 Å². The molecule has 3 saturated heterocycles. The van der Waals surface area contributed by atoms with E-state index in [1.54, 1.807) is 53.3 Å². The van der Waals surface area contributed by atoms with Crippen LogP contribution in [0.1, 0.15) is 33.6 Å². The number of rotatable bonds is 12. The van der Waals surface area contributed by atoms with Crippen molar-refractivity contribution in [3.63, 3.8) is 0 Å². The van der Waals surface area contributed by atoms with Crippen LogP contribution in [-0.2, 0) is 19.1 Å². The Balaban J connectivity index is 1.80. The summed E-state index contributed by atoms with van der Waals surface area (Å²) < 4.78 is 12.1. The topological polar surface area (TPSA) is 99.6 Å². The van der Waals surface area contributed by atoms with Gasteiger partial charge in [0.05, 0.1) is 31.2 Å². The lowest BCUT2D eigenvalue weighted by Gasteiger charge is -2.39. The van der Waals surface area contributed by atoms with Gasteiger partial charge in [0.25, 0.3) is 5.91 Å². The highest BCUT2D eigenvalue weighted by molar-refractivity contribution is 6.05. The number of carbonyl (C=O) groups is 3. The number of aliphatic hydroxyl groups excluding tert-OH is 1. The third kappa shape index (κ3) is 4.45. The quantitative estimate of drug-likeness (QED) is 0.410. The molecule has 0 saturated carbocycles. The zero-order chi connectivity index (χ0) is 28.5. The Morgan fingerprint density at radius 3 is 2.44 bits per heavy atom. The molecule has 0 aliphatic carbocycles. The molecule has 3 fully saturated rings. The van der Waals surface area contributed by atoms with E-state index in [2.05, 4.69) is 13.2 Å². The number of nitrogens with zero attached hydrogens (tertiary/aromatic N) is 3. The Hall–Kier alpha value is -3.17. The first kappa shape index (κ1) is 28.8. The van der Waals surface area contributed by atoms with Crippen molar-refractivity contribution in [1.82, 2.24) is 9.80 Å². The lowest BCUT2D eigenvalue weighted by molar-refractivity contribution is -0.151. The monoisotopic (exact) mass is 539 g/mol. The van der Waals surface area contributed by atoms with E-state index in [1.165, 1.54) is 4.90 Å². The maximum atomic E-state index is 14.5. The molecule has 3 amide bonds. The van der Waals surface area contributed by atoms with Gasteiger partial charge in [-0.2, -0.15) is 0 Å². The summed E-state index contributed by atoms with van der Waals surface area (Å²) in [6.07, 6.45) is 4.54. The van der Waals surface area contributed by atoms with Crippen molar-refractivity contribution < 1.29 is 29.0 Å². The molecular weight excluding hydrogens is 498 g/mol. The average molecular weight is 540 g/mol. The summed E-state index contributed by atoms with van der Waals surface area (Å²) in [5, 5.41) is 9.92. The molecule has 1 spiro atoms. The second-order valence-electron chi connectivity index (χ2n) is 11.0. The minimum absolute atomic E-state index is 0.0290. The number of carbonyl (C=O) groups excluding carboxylic acids is 3. The second kappa shape index (κ2) is 11.1. The molecule has 4 rings (SSSR count). The van der Waals surface area contributed by atoms with Crippen LogP contribution in [0.25, 0.3) is 0 Å². The van der Waals surface area contributed by atoms with Gasteiger partial charge in [-0.1, -0.05) is 26.0 Å². The van der Waals surface area contributed by atoms with Crippen molar-refractivity contribution in [3.8, 4) is 5.75 Å². The van der Waals surface area contributed by atoms with Crippen LogP contribution >= 0.6 is 0 Å². The fourth-order valence-electron chi connectivity index (χ4n) is 7.02. The standard InChI is InChI=1S/C30H41N3O6/c1-7-14-31(15-8-2)26(35)23-24-27(36)33(17-18-34)25(30(24)19-20(4)29(23,5)39-30)28(37)32(16-9-3)21-10-12-22(38-6)13-11-21/h7,9-13,20,23-25,34H,1,3,8,14-19H2,2,4-6H3/t20?,23-,24-,25?,29+,30?/m0/s1. The van der Waals surface area contributed by atoms with E-state index in [1.807, 2.05) is 20.8 Å². The van der Waals surface area contributed by atoms with Crippen LogP contribution in [0.3, 0.4) is 0 Å². The number of hydrogen-bond acceptors (Lipinski definition) is 6. The van der Waals surface area contributed by atoms with Crippen LogP contribution in [0.5, 0.6) is 5.75 Å². The highest BCUT2D eigenvalue weighted by Gasteiger charge is 2.80. The van der Waals surface area contributed by atoms with Gasteiger partial charge in [-0.3, -0.25) is 14.4 Å². The summed E-state index contributed by atoms with van der Waals surface area (Å²) in [6.45, 7) is 14.3. The number of aliphatic hydroxyl groups is 1. The largest absolute Gasteiger partial charge is 0.497 e. The van der Waals surface area contributed by atoms with Crippen LogP contribution in [0.2, 0.25) is 0 Å². The number of anilines is 1. The Kier molecular flexibility index (Phi) is 8.23. The Morgan fingerprint density at radius 2 is 1.87 bits per heavy atom. The lowest BCUT2D eigenvalue weighted by atomic mass is 9.62. The number of β-amino-alcohol motifs (C(OH)–C–C–N with tert-alkyl or cyclic N) is 1. The highest BCUT2D eigenvalue weighted by atomic mass is 16.5. The summed E-state index contributed by atoms with van der Waals surface area (Å²) in [7, 11) is 1.57. The van der Waals surface area contributed by atoms with Crippen molar-refractivity contribution in [1.29, 1.82) is 0 Å². The van der Waals surface area contributed by atoms with Gasteiger partial charge < -0.3 is 29.3 Å². The van der Waals surface area contributed by atoms with Crippen LogP contribution < -0.4 is 9.64 Å². The van der Waals surface area contributed by atoms with E-state index in [0.717, 1.165) is 6.42 Å². The maximum absolute atomic E-state index is 14.5. The van der Waals surface area contributed by atoms with E-state index in [4.69, 9.17) is 9.47 Å². The van der Waals surface area contributed by atoms with Crippen molar-refractivity contribution in [3.05, 3.63) is 49.6 Å². The minimum atomic E-state index is -1.18. The van der Waals surface area contributed by atoms with Crippen molar-refractivity contribution in [2.45, 2.75) is 50.9 Å². The summed E-state index contributed by atoms with van der Waals surface area (Å²) in [5.41, 5.74) is -1.47. The third-order valence-electron chi connectivity index (χ3n) is 8.77. The smallest absolute Gasteiger partial charge is 0.253 e. The fourth-order valence-corrected chi connectivity index (χ4v) is 7.02. The molecule has 6 atom stereocenters. The van der Waals surface area contributed by atoms with E-state index >= 15 is 0 Å². The molecule has 3 heterocycles. The number of methoxy groups -OCH3 is 1. The van der Waals surface area contributed by atoms with E-state index < -0.39 is 29.1 Å². The Labute approximate surface area is 231 Å². The highest BCUT2D eigenvalue weighted by Crippen LogP contribution is 2.65. The van der Waals surface area contributed by atoms with Gasteiger partial charge in [0, 0.05) is 31.9 Å². The van der Waals surface area contributed by atoms with Crippen LogP contribution in [-0.4, -0.2) is 89.8 Å². The molecule has 3 aliphatic heterocycles. The molecule has 3 aliphatic rings. The number of amides is 3. The normalized spacial score (nSPS) is 30.7. The van der Waals surface area contributed by atoms with Crippen molar-refractivity contribution in [2.75, 3.05) is 44.8 Å². The number of hydrogen-bond donors (Lipinski definition) is 1. The predicted molar refractivity (Wildman–Crippen MR) is 148 cm³/mol. The van der Waals surface area contributed by atoms with Gasteiger partial charge >= 0.3 is 0 Å². The second-order valence-corrected chi connectivity index (χ2v) is 11.0. The van der Waals surface area contributed by atoms with Crippen LogP contribution in [0, 0.1) is 17.8 Å². The molecule has 39 heavy (non-hydrogen) atoms. The summed E-state index contributed by atoms with van der Waals surface area (Å²) in [6, 6.07) is 6.10. The van der Waals surface area contributed by atoms with Crippen molar-refractivity contribution >= 4 is 23.4 Å². The summed E-state index contributed by atoms with van der Waals surface area (Å²) in [4.78, 5) is 47.4. The number of benzene rings is 1. The third-order valence-corrected chi connectivity index (χ3v) is 8.77. The number of fused-ring (bicyclic) bond motifs is 1. The fraction of sp³-hybridized carbons (Fsp3) is 0.567. The zero-order valence-electron chi connectivity index (χ0n) is 23.5. The average Bonchev–Trinajstić information content (AvgIpc) is 3.43. The van der Waals surface area contributed by atoms with Crippen LogP contribution in [0.15, 0.2) is 49.6 Å². The molecule has 3 unspecified atom stereocenters. The SMILES string of the molecule is C=CCN(CCC)C(=O)[C@@H]1[C@H]2C(=O)N(CCO)C(C(=O)N(CC=C)c3ccc(OC)cc3)C23CC(C)[C@@]1(C)O3. The van der Waals surface area contributed by atoms with Crippen LogP contribution in [0.4, 0.5) is 5.69 Å². The molecular formula is C30H41N3O6. The molecule has 1 aromatic carbocycles. The summed E-state index contributed by atoms with van der Waals surface area (Å²) in [5.74, 6) is -1.78. The van der Waals surface area contributed by atoms with E-state index in [-0.39, 0.29) is 43.3 Å². The molecule has 1 aromatic rings. The number of likely N-dealkylation sites (tertiary alicyclic amines) is 1. The van der Waals surface area contributed by atoms with Crippen molar-refractivity contribution in [2.24, 2.45) is 17.8 Å². The molecule has 1 N–H and O–H groups in total. The molecule has 9 nitrogen and oxygen atoms in total. The zero-order valence-corrected chi connectivity index (χ0v) is 23.5. The van der Waals surface area contributed by atoms with E-state index in [0.29, 0.717) is 30.9 Å².